The van der Waals surface area contributed by atoms with E-state index in [1.807, 2.05) is 0 Å². The first kappa shape index (κ1) is 55.1. The van der Waals surface area contributed by atoms with Crippen molar-refractivity contribution < 1.29 is 67.0 Å². The highest BCUT2D eigenvalue weighted by atomic mass is 35.5. The van der Waals surface area contributed by atoms with Crippen molar-refractivity contribution in [2.75, 3.05) is 56.9 Å². The van der Waals surface area contributed by atoms with Gasteiger partial charge in [-0.05, 0) is 54.1 Å². The molecule has 0 aliphatic carbocycles. The van der Waals surface area contributed by atoms with Crippen LogP contribution in [-0.2, 0) is 60.8 Å². The molecule has 0 saturated carbocycles. The van der Waals surface area contributed by atoms with Gasteiger partial charge in [-0.3, -0.25) is 24.1 Å². The summed E-state index contributed by atoms with van der Waals surface area (Å²) in [5, 5.41) is 45.8. The van der Waals surface area contributed by atoms with Gasteiger partial charge in [-0.2, -0.15) is 21.9 Å². The number of carboxylic acid groups (broad SMARTS) is 1. The summed E-state index contributed by atoms with van der Waals surface area (Å²) in [6.07, 6.45) is -0.393. The van der Waals surface area contributed by atoms with E-state index in [4.69, 9.17) is 44.8 Å². The number of amides is 2. The second-order valence-electron chi connectivity index (χ2n) is 13.8. The molecular formula is C37H39Cl2N11O15S4. The monoisotopic (exact) mass is 1080 g/mol. The normalized spacial score (nSPS) is 12.4. The number of nitrogens with two attached hydrogens (primary N) is 2. The molecule has 0 heterocycles. The van der Waals surface area contributed by atoms with Gasteiger partial charge in [0, 0.05) is 36.0 Å². The molecule has 0 aliphatic heterocycles. The van der Waals surface area contributed by atoms with Gasteiger partial charge < -0.3 is 31.9 Å². The number of nitrogens with zero attached hydrogens (tertiary/aromatic N) is 6. The highest BCUT2D eigenvalue weighted by molar-refractivity contribution is 7.91. The van der Waals surface area contributed by atoms with Gasteiger partial charge in [0.2, 0.25) is 11.8 Å². The first-order chi connectivity index (χ1) is 32.3. The number of ether oxygens (including phenoxy) is 1. The van der Waals surface area contributed by atoms with Crippen LogP contribution in [0.15, 0.2) is 101 Å². The zero-order chi connectivity index (χ0) is 51.3. The molecule has 4 rings (SSSR count). The number of nitrogens with one attached hydrogen (secondary N) is 3. The average Bonchev–Trinajstić information content (AvgIpc) is 3.25. The molecule has 0 bridgehead atoms. The van der Waals surface area contributed by atoms with Crippen LogP contribution in [0, 0.1) is 5.41 Å². The number of hydrogen-bond acceptors (Lipinski definition) is 21. The predicted octanol–water partition coefficient (Wildman–Crippen LogP) is 6.38. The topological polar surface area (TPSA) is 432 Å². The SMILES string of the molecule is N=COCc1ccc(N=Nc2c(N)c(N=Nc3cccc(NC(=O)CCS(=O)(=O)CCCl)c3)c(N)c(N=Nc3cc(NC(=O)CCS(=O)(=O)CCCl)ccc3S(=O)(=O)O)c2C(=O)O)c(S(=O)(=O)O)c1. The molecule has 32 heteroatoms. The van der Waals surface area contributed by atoms with Gasteiger partial charge in [0.1, 0.15) is 50.4 Å². The number of aromatic carboxylic acids is 1. The molecule has 370 valence electrons. The van der Waals surface area contributed by atoms with Crippen LogP contribution < -0.4 is 22.1 Å². The van der Waals surface area contributed by atoms with Gasteiger partial charge in [0.15, 0.2) is 26.1 Å². The lowest BCUT2D eigenvalue weighted by Gasteiger charge is -2.14. The van der Waals surface area contributed by atoms with Crippen LogP contribution in [0.5, 0.6) is 0 Å². The summed E-state index contributed by atoms with van der Waals surface area (Å²) in [6.45, 7) is -0.317. The molecule has 69 heavy (non-hydrogen) atoms. The second-order valence-corrected chi connectivity index (χ2v) is 22.0. The zero-order valence-corrected chi connectivity index (χ0v) is 40.0. The maximum absolute atomic E-state index is 13.0. The number of anilines is 4. The van der Waals surface area contributed by atoms with Gasteiger partial charge >= 0.3 is 5.97 Å². The molecule has 2 amide bonds. The van der Waals surface area contributed by atoms with Crippen molar-refractivity contribution in [2.45, 2.75) is 29.2 Å². The molecule has 0 aromatic heterocycles. The van der Waals surface area contributed by atoms with E-state index in [1.165, 1.54) is 30.3 Å². The minimum atomic E-state index is -5.14. The summed E-state index contributed by atoms with van der Waals surface area (Å²) in [5.74, 6) is -5.64. The van der Waals surface area contributed by atoms with Crippen molar-refractivity contribution in [1.82, 2.24) is 0 Å². The number of halogens is 2. The Morgan fingerprint density at radius 3 is 1.67 bits per heavy atom. The third-order valence-corrected chi connectivity index (χ3v) is 14.7. The molecule has 0 spiro atoms. The second kappa shape index (κ2) is 23.7. The Labute approximate surface area is 403 Å². The molecule has 0 aliphatic rings. The molecule has 4 aromatic rings. The Balaban J connectivity index is 1.92. The summed E-state index contributed by atoms with van der Waals surface area (Å²) in [5.41, 5.74) is 6.74. The molecule has 10 N–H and O–H groups in total. The van der Waals surface area contributed by atoms with Crippen molar-refractivity contribution in [3.05, 3.63) is 71.8 Å². The Bertz CT molecular complexity index is 3210. The summed E-state index contributed by atoms with van der Waals surface area (Å²) >= 11 is 11.0. The lowest BCUT2D eigenvalue weighted by atomic mass is 10.1. The molecule has 26 nitrogen and oxygen atoms in total. The van der Waals surface area contributed by atoms with Crippen molar-refractivity contribution in [2.24, 2.45) is 30.7 Å². The quantitative estimate of drug-likeness (QED) is 0.00942. The highest BCUT2D eigenvalue weighted by Gasteiger charge is 2.28. The Kier molecular flexibility index (Phi) is 18.9. The van der Waals surface area contributed by atoms with Gasteiger partial charge in [-0.15, -0.1) is 48.8 Å². The van der Waals surface area contributed by atoms with Crippen LogP contribution in [0.2, 0.25) is 0 Å². The van der Waals surface area contributed by atoms with Crippen molar-refractivity contribution in [1.29, 1.82) is 5.41 Å². The first-order valence-electron chi connectivity index (χ1n) is 19.1. The number of rotatable bonds is 24. The fourth-order valence-electron chi connectivity index (χ4n) is 5.58. The van der Waals surface area contributed by atoms with Gasteiger partial charge in [-0.25, -0.2) is 21.6 Å². The number of carboxylic acids is 1. The van der Waals surface area contributed by atoms with E-state index in [-0.39, 0.29) is 46.7 Å². The number of hydrogen-bond donors (Lipinski definition) is 8. The number of alkyl halides is 2. The first-order valence-corrected chi connectivity index (χ1v) is 26.7. The van der Waals surface area contributed by atoms with E-state index in [9.17, 15) is 62.3 Å². The van der Waals surface area contributed by atoms with E-state index in [1.54, 1.807) is 0 Å². The lowest BCUT2D eigenvalue weighted by Crippen LogP contribution is -2.19. The number of sulfone groups is 2. The lowest BCUT2D eigenvalue weighted by molar-refractivity contribution is -0.116. The van der Waals surface area contributed by atoms with Crippen molar-refractivity contribution in [3.63, 3.8) is 0 Å². The summed E-state index contributed by atoms with van der Waals surface area (Å²) in [7, 11) is -17.5. The van der Waals surface area contributed by atoms with E-state index in [2.05, 4.69) is 41.3 Å². The fraction of sp³-hybridized carbons (Fsp3) is 0.243. The van der Waals surface area contributed by atoms with Crippen LogP contribution in [0.25, 0.3) is 0 Å². The van der Waals surface area contributed by atoms with Gasteiger partial charge in [0.25, 0.3) is 20.2 Å². The van der Waals surface area contributed by atoms with Crippen molar-refractivity contribution in [3.8, 4) is 0 Å². The molecule has 0 unspecified atom stereocenters. The van der Waals surface area contributed by atoms with Gasteiger partial charge in [0.05, 0.1) is 40.1 Å². The molecule has 4 aromatic carbocycles. The van der Waals surface area contributed by atoms with Crippen LogP contribution in [0.1, 0.15) is 28.8 Å². The Morgan fingerprint density at radius 1 is 0.638 bits per heavy atom. The average molecular weight is 1080 g/mol. The third kappa shape index (κ3) is 16.0. The number of carbonyl (C=O) groups excluding carboxylic acids is 2. The third-order valence-electron chi connectivity index (χ3n) is 8.83. The van der Waals surface area contributed by atoms with Gasteiger partial charge in [-0.1, -0.05) is 12.1 Å². The zero-order valence-electron chi connectivity index (χ0n) is 35.2. The van der Waals surface area contributed by atoms with Crippen LogP contribution in [0.3, 0.4) is 0 Å². The maximum Gasteiger partial charge on any atom is 0.340 e. The van der Waals surface area contributed by atoms with E-state index < -0.39 is 143 Å². The number of carbonyl (C=O) groups is 3. The Morgan fingerprint density at radius 2 is 1.16 bits per heavy atom. The van der Waals surface area contributed by atoms with E-state index in [0.29, 0.717) is 6.40 Å². The number of benzene rings is 4. The van der Waals surface area contributed by atoms with Crippen molar-refractivity contribution >= 4 is 144 Å². The summed E-state index contributed by atoms with van der Waals surface area (Å²) < 4.78 is 123. The fourth-order valence-corrected chi connectivity index (χ4v) is 10.1. The van der Waals surface area contributed by atoms with Crippen LogP contribution in [0.4, 0.5) is 56.9 Å². The molecular weight excluding hydrogens is 1040 g/mol. The minimum absolute atomic E-state index is 0.0202. The largest absolute Gasteiger partial charge is 0.479 e. The summed E-state index contributed by atoms with van der Waals surface area (Å²) in [6, 6.07) is 11.4. The van der Waals surface area contributed by atoms with E-state index >= 15 is 0 Å². The standard InChI is InChI=1S/C37H39Cl2N11O15S4/c38-10-14-66(55,56)12-8-29(51)43-22-2-1-3-24(17-22)45-50-36-32(41)34(48-46-25-6-4-21(19-65-20-40)16-28(25)69(62,63)64)31(37(53)54)35(33(36)42)49-47-26-18-23(5-7-27(26)68(59,60)61)44-30(52)9-13-67(57,58)15-11-39/h1-7,16-18,20,40H,8-15,19,41-42H2,(H,43,51)(H,44,52)(H,53,54)(H,59,60,61)(H,62,63,64). The highest BCUT2D eigenvalue weighted by Crippen LogP contribution is 2.49. The summed E-state index contributed by atoms with van der Waals surface area (Å²) in [4.78, 5) is 36.4. The molecule has 0 fully saturated rings. The Hall–Kier alpha value is -6.54. The predicted molar refractivity (Wildman–Crippen MR) is 253 cm³/mol. The smallest absolute Gasteiger partial charge is 0.340 e. The van der Waals surface area contributed by atoms with Crippen LogP contribution >= 0.6 is 23.2 Å². The number of nitrogen functional groups attached to an aromatic ring is 2. The van der Waals surface area contributed by atoms with E-state index in [0.717, 1.165) is 30.3 Å². The molecule has 0 radical (unpaired) electrons. The van der Waals surface area contributed by atoms with Crippen LogP contribution in [-0.4, -0.2) is 107 Å². The molecule has 0 saturated heterocycles. The number of azo groups is 3. The maximum atomic E-state index is 13.0. The minimum Gasteiger partial charge on any atom is -0.479 e. The molecule has 0 atom stereocenters.